The Bertz CT molecular complexity index is 663. The lowest BCUT2D eigenvalue weighted by atomic mass is 10.1. The highest BCUT2D eigenvalue weighted by atomic mass is 16.4. The Hall–Kier alpha value is -2.37. The normalized spacial score (nSPS) is 12.3. The summed E-state index contributed by atoms with van der Waals surface area (Å²) in [4.78, 5) is 23.5. The van der Waals surface area contributed by atoms with E-state index in [-0.39, 0.29) is 5.69 Å². The second-order valence-corrected chi connectivity index (χ2v) is 5.00. The first-order valence-corrected chi connectivity index (χ1v) is 7.00. The number of hydrogen-bond acceptors (Lipinski definition) is 3. The number of amides is 1. The van der Waals surface area contributed by atoms with Gasteiger partial charge in [-0.1, -0.05) is 38.0 Å². The van der Waals surface area contributed by atoms with Gasteiger partial charge in [0.05, 0.1) is 5.52 Å². The molecule has 0 unspecified atom stereocenters. The molecule has 0 radical (unpaired) electrons. The molecule has 1 aromatic heterocycles. The number of fused-ring (bicyclic) bond motifs is 1. The molecule has 2 aromatic rings. The van der Waals surface area contributed by atoms with Crippen molar-refractivity contribution < 1.29 is 14.7 Å². The maximum absolute atomic E-state index is 12.3. The van der Waals surface area contributed by atoms with Crippen LogP contribution in [0.5, 0.6) is 0 Å². The lowest BCUT2D eigenvalue weighted by Gasteiger charge is -2.13. The molecule has 0 aliphatic heterocycles. The Kier molecular flexibility index (Phi) is 4.57. The lowest BCUT2D eigenvalue weighted by molar-refractivity contribution is -0.139. The highest BCUT2D eigenvalue weighted by Gasteiger charge is 2.23. The van der Waals surface area contributed by atoms with Crippen LogP contribution in [0.4, 0.5) is 0 Å². The summed E-state index contributed by atoms with van der Waals surface area (Å²) in [5, 5.41) is 16.6. The van der Waals surface area contributed by atoms with Gasteiger partial charge < -0.3 is 10.4 Å². The van der Waals surface area contributed by atoms with E-state index in [0.29, 0.717) is 6.42 Å². The predicted molar refractivity (Wildman–Crippen MR) is 79.1 cm³/mol. The number of carboxylic acid groups (broad SMARTS) is 1. The van der Waals surface area contributed by atoms with Crippen molar-refractivity contribution in [2.45, 2.75) is 32.2 Å². The van der Waals surface area contributed by atoms with Gasteiger partial charge in [0.25, 0.3) is 5.91 Å². The molecule has 0 spiro atoms. The molecule has 0 saturated heterocycles. The van der Waals surface area contributed by atoms with E-state index in [0.717, 1.165) is 23.7 Å². The van der Waals surface area contributed by atoms with Gasteiger partial charge in [-0.25, -0.2) is 4.79 Å². The molecule has 2 N–H and O–H groups in total. The monoisotopic (exact) mass is 289 g/mol. The van der Waals surface area contributed by atoms with Gasteiger partial charge in [0.2, 0.25) is 0 Å². The Morgan fingerprint density at radius 1 is 1.38 bits per heavy atom. The van der Waals surface area contributed by atoms with Crippen molar-refractivity contribution in [3.8, 4) is 0 Å². The summed E-state index contributed by atoms with van der Waals surface area (Å²) >= 11 is 0. The Morgan fingerprint density at radius 3 is 2.76 bits per heavy atom. The second kappa shape index (κ2) is 6.39. The van der Waals surface area contributed by atoms with Gasteiger partial charge in [0, 0.05) is 12.4 Å². The molecule has 112 valence electrons. The number of benzene rings is 1. The zero-order valence-electron chi connectivity index (χ0n) is 12.2. The van der Waals surface area contributed by atoms with Crippen molar-refractivity contribution in [3.63, 3.8) is 0 Å². The minimum Gasteiger partial charge on any atom is -0.480 e. The van der Waals surface area contributed by atoms with Crippen molar-refractivity contribution in [2.75, 3.05) is 0 Å². The van der Waals surface area contributed by atoms with E-state index in [9.17, 15) is 14.7 Å². The quantitative estimate of drug-likeness (QED) is 0.851. The van der Waals surface area contributed by atoms with Gasteiger partial charge in [-0.15, -0.1) is 0 Å². The standard InChI is InChI=1S/C15H19N3O3/c1-3-4-8-11(15(20)21)16-14(19)13-10-7-5-6-9-12(10)18(2)17-13/h5-7,9,11H,3-4,8H2,1-2H3,(H,16,19)(H,20,21)/t11-/m0/s1. The predicted octanol–water partition coefficient (Wildman–Crippen LogP) is 1.95. The van der Waals surface area contributed by atoms with Crippen LogP contribution in [0.25, 0.3) is 10.9 Å². The smallest absolute Gasteiger partial charge is 0.326 e. The van der Waals surface area contributed by atoms with Crippen LogP contribution in [-0.4, -0.2) is 32.8 Å². The third-order valence-corrected chi connectivity index (χ3v) is 3.42. The fourth-order valence-electron chi connectivity index (χ4n) is 2.27. The summed E-state index contributed by atoms with van der Waals surface area (Å²) in [6.45, 7) is 1.98. The van der Waals surface area contributed by atoms with Gasteiger partial charge in [-0.3, -0.25) is 9.48 Å². The summed E-state index contributed by atoms with van der Waals surface area (Å²) in [6.07, 6.45) is 2.05. The van der Waals surface area contributed by atoms with Crippen LogP contribution in [0.3, 0.4) is 0 Å². The summed E-state index contributed by atoms with van der Waals surface area (Å²) in [5.41, 5.74) is 1.10. The molecule has 0 aliphatic carbocycles. The molecule has 21 heavy (non-hydrogen) atoms. The van der Waals surface area contributed by atoms with Crippen molar-refractivity contribution in [3.05, 3.63) is 30.0 Å². The average molecular weight is 289 g/mol. The lowest BCUT2D eigenvalue weighted by Crippen LogP contribution is -2.41. The number of carbonyl (C=O) groups is 2. The molecule has 1 heterocycles. The first-order chi connectivity index (χ1) is 10.0. The van der Waals surface area contributed by atoms with Crippen molar-refractivity contribution >= 4 is 22.8 Å². The number of nitrogens with one attached hydrogen (secondary N) is 1. The molecule has 1 atom stereocenters. The van der Waals surface area contributed by atoms with Gasteiger partial charge in [-0.05, 0) is 12.5 Å². The molecule has 0 saturated carbocycles. The van der Waals surface area contributed by atoms with E-state index in [1.54, 1.807) is 17.8 Å². The van der Waals surface area contributed by atoms with E-state index in [2.05, 4.69) is 10.4 Å². The van der Waals surface area contributed by atoms with Gasteiger partial charge >= 0.3 is 5.97 Å². The van der Waals surface area contributed by atoms with E-state index in [1.807, 2.05) is 25.1 Å². The highest BCUT2D eigenvalue weighted by Crippen LogP contribution is 2.17. The topological polar surface area (TPSA) is 84.2 Å². The van der Waals surface area contributed by atoms with Gasteiger partial charge in [0.1, 0.15) is 6.04 Å². The number of carboxylic acids is 1. The fourth-order valence-corrected chi connectivity index (χ4v) is 2.27. The number of aromatic nitrogens is 2. The van der Waals surface area contributed by atoms with Crippen LogP contribution in [0.15, 0.2) is 24.3 Å². The van der Waals surface area contributed by atoms with E-state index in [4.69, 9.17) is 0 Å². The van der Waals surface area contributed by atoms with E-state index >= 15 is 0 Å². The summed E-state index contributed by atoms with van der Waals surface area (Å²) in [5.74, 6) is -1.47. The van der Waals surface area contributed by atoms with Crippen molar-refractivity contribution in [2.24, 2.45) is 7.05 Å². The third kappa shape index (κ3) is 3.21. The minimum absolute atomic E-state index is 0.260. The van der Waals surface area contributed by atoms with Crippen LogP contribution >= 0.6 is 0 Å². The molecule has 1 amide bonds. The van der Waals surface area contributed by atoms with Crippen molar-refractivity contribution in [1.82, 2.24) is 15.1 Å². The SMILES string of the molecule is CCCC[C@H](NC(=O)c1nn(C)c2ccccc12)C(=O)O. The number of nitrogens with zero attached hydrogens (tertiary/aromatic N) is 2. The van der Waals surface area contributed by atoms with Crippen LogP contribution in [0, 0.1) is 0 Å². The first-order valence-electron chi connectivity index (χ1n) is 7.00. The number of carbonyl (C=O) groups excluding carboxylic acids is 1. The zero-order chi connectivity index (χ0) is 15.4. The van der Waals surface area contributed by atoms with Crippen LogP contribution in [0.1, 0.15) is 36.7 Å². The Labute approximate surface area is 122 Å². The molecular formula is C15H19N3O3. The summed E-state index contributed by atoms with van der Waals surface area (Å²) < 4.78 is 1.62. The zero-order valence-corrected chi connectivity index (χ0v) is 12.2. The number of hydrogen-bond donors (Lipinski definition) is 2. The number of rotatable bonds is 6. The van der Waals surface area contributed by atoms with Crippen LogP contribution in [-0.2, 0) is 11.8 Å². The van der Waals surface area contributed by atoms with Gasteiger partial charge in [-0.2, -0.15) is 5.10 Å². The highest BCUT2D eigenvalue weighted by molar-refractivity contribution is 6.05. The molecule has 6 nitrogen and oxygen atoms in total. The van der Waals surface area contributed by atoms with Crippen molar-refractivity contribution in [1.29, 1.82) is 0 Å². The number of para-hydroxylation sites is 1. The minimum atomic E-state index is -1.02. The Morgan fingerprint density at radius 2 is 2.10 bits per heavy atom. The molecule has 2 rings (SSSR count). The van der Waals surface area contributed by atoms with Gasteiger partial charge in [0.15, 0.2) is 5.69 Å². The molecular weight excluding hydrogens is 270 g/mol. The molecule has 0 aliphatic rings. The summed E-state index contributed by atoms with van der Waals surface area (Å²) in [7, 11) is 1.75. The van der Waals surface area contributed by atoms with E-state index in [1.165, 1.54) is 0 Å². The molecule has 0 fully saturated rings. The Balaban J connectivity index is 2.23. The maximum Gasteiger partial charge on any atom is 0.326 e. The number of aryl methyl sites for hydroxylation is 1. The van der Waals surface area contributed by atoms with Crippen LogP contribution < -0.4 is 5.32 Å². The largest absolute Gasteiger partial charge is 0.480 e. The summed E-state index contributed by atoms with van der Waals surface area (Å²) in [6, 6.07) is 6.49. The first kappa shape index (κ1) is 15.0. The third-order valence-electron chi connectivity index (χ3n) is 3.42. The molecule has 1 aromatic carbocycles. The fraction of sp³-hybridized carbons (Fsp3) is 0.400. The maximum atomic E-state index is 12.3. The van der Waals surface area contributed by atoms with E-state index < -0.39 is 17.9 Å². The number of unbranched alkanes of at least 4 members (excludes halogenated alkanes) is 1. The van der Waals surface area contributed by atoms with Crippen LogP contribution in [0.2, 0.25) is 0 Å². The molecule has 0 bridgehead atoms. The number of aliphatic carboxylic acids is 1. The molecule has 6 heteroatoms. The second-order valence-electron chi connectivity index (χ2n) is 5.00. The average Bonchev–Trinajstić information content (AvgIpc) is 2.81.